The first-order valence-electron chi connectivity index (χ1n) is 16.5. The highest BCUT2D eigenvalue weighted by Gasteiger charge is 2.43. The van der Waals surface area contributed by atoms with Gasteiger partial charge in [-0.05, 0) is 85.0 Å². The van der Waals surface area contributed by atoms with Gasteiger partial charge >= 0.3 is 0 Å². The fourth-order valence-electron chi connectivity index (χ4n) is 6.66. The number of aliphatic imine (C=N–C) groups is 1. The largest absolute Gasteiger partial charge is 0.356 e. The number of aryl methyl sites for hydroxylation is 1. The summed E-state index contributed by atoms with van der Waals surface area (Å²) in [6.45, 7) is 2.88. The lowest BCUT2D eigenvalue weighted by atomic mass is 9.95. The van der Waals surface area contributed by atoms with Gasteiger partial charge in [0.25, 0.3) is 0 Å². The zero-order valence-corrected chi connectivity index (χ0v) is 26.6. The van der Waals surface area contributed by atoms with Gasteiger partial charge in [0.2, 0.25) is 5.91 Å². The highest BCUT2D eigenvalue weighted by atomic mass is 16.5. The zero-order valence-electron chi connectivity index (χ0n) is 26.6. The Balaban J connectivity index is 1.28. The third-order valence-corrected chi connectivity index (χ3v) is 9.37. The third-order valence-electron chi connectivity index (χ3n) is 9.37. The zero-order chi connectivity index (χ0) is 32.6. The van der Waals surface area contributed by atoms with Gasteiger partial charge in [-0.3, -0.25) is 4.79 Å². The van der Waals surface area contributed by atoms with Gasteiger partial charge in [-0.25, -0.2) is 14.7 Å². The van der Waals surface area contributed by atoms with Crippen molar-refractivity contribution < 1.29 is 9.53 Å². The molecule has 236 valence electrons. The number of anilines is 1. The number of aromatic nitrogens is 3. The van der Waals surface area contributed by atoms with Gasteiger partial charge in [0.15, 0.2) is 6.23 Å². The molecule has 0 spiro atoms. The van der Waals surface area contributed by atoms with Crippen molar-refractivity contribution in [2.24, 2.45) is 16.8 Å². The average molecular weight is 631 g/mol. The van der Waals surface area contributed by atoms with Crippen molar-refractivity contribution in [3.8, 4) is 17.2 Å². The van der Waals surface area contributed by atoms with Gasteiger partial charge in [-0.15, -0.1) is 0 Å². The molecular weight excluding hydrogens is 596 g/mol. The molecule has 8 nitrogen and oxygen atoms in total. The molecule has 4 aromatic carbocycles. The highest BCUT2D eigenvalue weighted by Crippen LogP contribution is 2.40. The molecule has 1 aliphatic heterocycles. The number of nitriles is 1. The predicted molar refractivity (Wildman–Crippen MR) is 188 cm³/mol. The fraction of sp³-hybridized carbons (Fsp3) is 0.225. The second kappa shape index (κ2) is 12.5. The maximum Gasteiger partial charge on any atom is 0.230 e. The van der Waals surface area contributed by atoms with Crippen LogP contribution in [0.2, 0.25) is 0 Å². The molecule has 2 fully saturated rings. The second-order valence-electron chi connectivity index (χ2n) is 12.7. The van der Waals surface area contributed by atoms with Crippen molar-refractivity contribution in [2.75, 3.05) is 11.9 Å². The van der Waals surface area contributed by atoms with Crippen molar-refractivity contribution in [1.29, 1.82) is 5.26 Å². The van der Waals surface area contributed by atoms with Crippen LogP contribution in [0.4, 0.5) is 11.5 Å². The monoisotopic (exact) mass is 630 g/mol. The van der Waals surface area contributed by atoms with E-state index in [2.05, 4.69) is 71.8 Å². The summed E-state index contributed by atoms with van der Waals surface area (Å²) in [4.78, 5) is 22.8. The van der Waals surface area contributed by atoms with Crippen LogP contribution in [0.1, 0.15) is 48.6 Å². The van der Waals surface area contributed by atoms with Gasteiger partial charge in [0, 0.05) is 34.7 Å². The van der Waals surface area contributed by atoms with Crippen molar-refractivity contribution in [3.63, 3.8) is 0 Å². The van der Waals surface area contributed by atoms with E-state index in [0.717, 1.165) is 86.8 Å². The first-order valence-corrected chi connectivity index (χ1v) is 16.5. The minimum atomic E-state index is -0.285. The van der Waals surface area contributed by atoms with E-state index in [1.54, 1.807) is 6.20 Å². The Hall–Kier alpha value is -5.65. The summed E-state index contributed by atoms with van der Waals surface area (Å²) in [6, 6.07) is 33.1. The van der Waals surface area contributed by atoms with Crippen molar-refractivity contribution in [1.82, 2.24) is 14.8 Å². The smallest absolute Gasteiger partial charge is 0.230 e. The lowest BCUT2D eigenvalue weighted by Crippen LogP contribution is -2.18. The van der Waals surface area contributed by atoms with Crippen LogP contribution < -0.4 is 5.32 Å². The van der Waals surface area contributed by atoms with E-state index in [9.17, 15) is 10.1 Å². The average Bonchev–Trinajstić information content (AvgIpc) is 3.82. The molecule has 2 aliphatic rings. The SMILES string of the molecule is Cc1cc2c(cnn2C2CCCCO2)cc1-c1cc(N=C(c2ccccc2)c2ccccc2)c2cnc(NC(=O)[C@@H]3C[C@H]3C#N)cc2c1. The summed E-state index contributed by atoms with van der Waals surface area (Å²) in [5, 5.41) is 19.7. The number of nitrogens with one attached hydrogen (secondary N) is 1. The summed E-state index contributed by atoms with van der Waals surface area (Å²) in [5.41, 5.74) is 7.87. The second-order valence-corrected chi connectivity index (χ2v) is 12.7. The molecule has 1 unspecified atom stereocenters. The number of carbonyl (C=O) groups excluding carboxylic acids is 1. The standard InChI is InChI=1S/C40H34N6O2/c1-25-16-36-31(23-43-46(36)38-14-8-9-15-48-38)19-32(25)28-17-29-21-37(45-40(47)33-18-30(33)22-41)42-24-34(29)35(20-28)44-39(26-10-4-2-5-11-26)27-12-6-3-7-13-27/h2-7,10-13,16-17,19-21,23-24,30,33,38H,8-9,14-15,18H2,1H3,(H,42,45,47)/t30-,33+,38?/m0/s1. The molecule has 1 saturated carbocycles. The van der Waals surface area contributed by atoms with Crippen LogP contribution in [0, 0.1) is 30.1 Å². The first-order chi connectivity index (χ1) is 23.6. The Morgan fingerprint density at radius 3 is 2.42 bits per heavy atom. The molecule has 0 radical (unpaired) electrons. The maximum absolute atomic E-state index is 12.8. The van der Waals surface area contributed by atoms with E-state index in [1.165, 1.54) is 0 Å². The molecule has 8 heteroatoms. The van der Waals surface area contributed by atoms with Crippen molar-refractivity contribution in [2.45, 2.75) is 38.8 Å². The van der Waals surface area contributed by atoms with Crippen LogP contribution in [-0.2, 0) is 9.53 Å². The van der Waals surface area contributed by atoms with Gasteiger partial charge < -0.3 is 10.1 Å². The Kier molecular flexibility index (Phi) is 7.75. The Bertz CT molecular complexity index is 2190. The number of pyridine rings is 1. The van der Waals surface area contributed by atoms with Gasteiger partial charge in [0.05, 0.1) is 41.0 Å². The molecule has 6 aromatic rings. The number of hydrogen-bond donors (Lipinski definition) is 1. The number of amides is 1. The molecule has 2 aromatic heterocycles. The van der Waals surface area contributed by atoms with E-state index in [4.69, 9.17) is 14.8 Å². The van der Waals surface area contributed by atoms with Gasteiger partial charge in [-0.1, -0.05) is 60.7 Å². The molecule has 3 heterocycles. The predicted octanol–water partition coefficient (Wildman–Crippen LogP) is 8.53. The summed E-state index contributed by atoms with van der Waals surface area (Å²) in [7, 11) is 0. The van der Waals surface area contributed by atoms with E-state index in [-0.39, 0.29) is 24.0 Å². The van der Waals surface area contributed by atoms with Crippen LogP contribution in [0.15, 0.2) is 108 Å². The van der Waals surface area contributed by atoms with Crippen LogP contribution in [-0.4, -0.2) is 33.0 Å². The van der Waals surface area contributed by atoms with E-state index < -0.39 is 0 Å². The number of rotatable bonds is 7. The molecule has 8 rings (SSSR count). The van der Waals surface area contributed by atoms with Crippen LogP contribution in [0.25, 0.3) is 32.8 Å². The minimum absolute atomic E-state index is 0.0438. The van der Waals surface area contributed by atoms with E-state index in [1.807, 2.05) is 53.3 Å². The third kappa shape index (κ3) is 5.74. The molecule has 0 bridgehead atoms. The molecule has 1 aliphatic carbocycles. The molecule has 1 saturated heterocycles. The van der Waals surface area contributed by atoms with Crippen molar-refractivity contribution >= 4 is 44.8 Å². The maximum atomic E-state index is 12.8. The Morgan fingerprint density at radius 1 is 0.958 bits per heavy atom. The molecule has 48 heavy (non-hydrogen) atoms. The summed E-state index contributed by atoms with van der Waals surface area (Å²) >= 11 is 0. The van der Waals surface area contributed by atoms with Crippen LogP contribution in [0.5, 0.6) is 0 Å². The minimum Gasteiger partial charge on any atom is -0.356 e. The summed E-state index contributed by atoms with van der Waals surface area (Å²) < 4.78 is 8.08. The van der Waals surface area contributed by atoms with E-state index in [0.29, 0.717) is 12.2 Å². The lowest BCUT2D eigenvalue weighted by molar-refractivity contribution is -0.117. The molecule has 3 atom stereocenters. The van der Waals surface area contributed by atoms with Gasteiger partial charge in [0.1, 0.15) is 5.82 Å². The molecular formula is C40H34N6O2. The van der Waals surface area contributed by atoms with Crippen molar-refractivity contribution in [3.05, 3.63) is 120 Å². The summed E-state index contributed by atoms with van der Waals surface area (Å²) in [5.74, 6) is -0.221. The lowest BCUT2D eigenvalue weighted by Gasteiger charge is -2.23. The van der Waals surface area contributed by atoms with E-state index >= 15 is 0 Å². The Labute approximate surface area is 278 Å². The number of hydrogen-bond acceptors (Lipinski definition) is 6. The highest BCUT2D eigenvalue weighted by molar-refractivity contribution is 6.15. The van der Waals surface area contributed by atoms with Crippen LogP contribution >= 0.6 is 0 Å². The number of fused-ring (bicyclic) bond motifs is 2. The number of benzene rings is 4. The Morgan fingerprint density at radius 2 is 1.73 bits per heavy atom. The topological polar surface area (TPSA) is 105 Å². The fourth-order valence-corrected chi connectivity index (χ4v) is 6.66. The molecule has 1 amide bonds. The summed E-state index contributed by atoms with van der Waals surface area (Å²) in [6.07, 6.45) is 7.42. The van der Waals surface area contributed by atoms with Gasteiger partial charge in [-0.2, -0.15) is 10.4 Å². The number of ether oxygens (including phenoxy) is 1. The molecule has 1 N–H and O–H groups in total. The number of carbonyl (C=O) groups is 1. The number of nitrogens with zero attached hydrogens (tertiary/aromatic N) is 5. The first kappa shape index (κ1) is 29.7. The van der Waals surface area contributed by atoms with Crippen LogP contribution in [0.3, 0.4) is 0 Å². The normalized spacial score (nSPS) is 18.7. The quantitative estimate of drug-likeness (QED) is 0.178.